The summed E-state index contributed by atoms with van der Waals surface area (Å²) < 4.78 is 34.5. The monoisotopic (exact) mass is 554 g/mol. The highest BCUT2D eigenvalue weighted by Gasteiger charge is 2.51. The number of benzene rings is 2. The molecule has 0 amide bonds. The van der Waals surface area contributed by atoms with Crippen molar-refractivity contribution < 1.29 is 43.1 Å². The first-order valence-corrected chi connectivity index (χ1v) is 14.3. The summed E-state index contributed by atoms with van der Waals surface area (Å²) in [6, 6.07) is 13.6. The molecule has 0 aliphatic carbocycles. The van der Waals surface area contributed by atoms with Crippen LogP contribution in [-0.2, 0) is 23.7 Å². The Balaban J connectivity index is 1.09. The number of hydrogen-bond donors (Lipinski definition) is 1. The molecular formula is C31H38O9. The van der Waals surface area contributed by atoms with Gasteiger partial charge in [0.1, 0.15) is 18.0 Å². The number of unbranched alkanes of at least 4 members (excludes halogenated alkanes) is 2. The number of carbonyl (C=O) groups excluding carboxylic acids is 2. The lowest BCUT2D eigenvalue weighted by molar-refractivity contribution is -0.105. The third kappa shape index (κ3) is 7.01. The van der Waals surface area contributed by atoms with Gasteiger partial charge in [0.25, 0.3) is 0 Å². The van der Waals surface area contributed by atoms with Crippen molar-refractivity contribution in [3.63, 3.8) is 0 Å². The van der Waals surface area contributed by atoms with E-state index < -0.39 is 42.5 Å². The first-order chi connectivity index (χ1) is 19.5. The minimum atomic E-state index is -0.612. The zero-order valence-electron chi connectivity index (χ0n) is 22.9. The predicted octanol–water partition coefficient (Wildman–Crippen LogP) is 4.75. The number of aliphatic hydroxyl groups excluding tert-OH is 1. The molecule has 2 aromatic rings. The molecule has 0 bridgehead atoms. The van der Waals surface area contributed by atoms with Crippen LogP contribution in [0.15, 0.2) is 48.5 Å². The van der Waals surface area contributed by atoms with Crippen LogP contribution in [0.4, 0.5) is 0 Å². The van der Waals surface area contributed by atoms with Crippen molar-refractivity contribution in [2.45, 2.75) is 88.7 Å². The fourth-order valence-electron chi connectivity index (χ4n) is 5.26. The molecule has 6 atom stereocenters. The number of aliphatic hydroxyl groups is 1. The van der Waals surface area contributed by atoms with Crippen molar-refractivity contribution in [1.29, 1.82) is 0 Å². The van der Waals surface area contributed by atoms with Crippen LogP contribution in [0.2, 0.25) is 0 Å². The maximum Gasteiger partial charge on any atom is 0.338 e. The summed E-state index contributed by atoms with van der Waals surface area (Å²) in [7, 11) is 0. The molecule has 2 unspecified atom stereocenters. The number of ether oxygens (including phenoxy) is 6. The average Bonchev–Trinajstić information content (AvgIpc) is 3.57. The first kappa shape index (κ1) is 28.5. The van der Waals surface area contributed by atoms with E-state index in [0.717, 1.165) is 44.1 Å². The zero-order chi connectivity index (χ0) is 27.9. The lowest BCUT2D eigenvalue weighted by Gasteiger charge is -2.23. The van der Waals surface area contributed by atoms with Gasteiger partial charge in [-0.05, 0) is 61.2 Å². The van der Waals surface area contributed by atoms with E-state index in [1.54, 1.807) is 48.5 Å². The van der Waals surface area contributed by atoms with Gasteiger partial charge in [-0.3, -0.25) is 0 Å². The smallest absolute Gasteiger partial charge is 0.338 e. The molecule has 0 aromatic heterocycles. The van der Waals surface area contributed by atoms with Gasteiger partial charge in [-0.2, -0.15) is 0 Å². The van der Waals surface area contributed by atoms with Gasteiger partial charge in [0, 0.05) is 6.42 Å². The molecular weight excluding hydrogens is 516 g/mol. The maximum atomic E-state index is 12.8. The fourth-order valence-corrected chi connectivity index (χ4v) is 5.26. The lowest BCUT2D eigenvalue weighted by atomic mass is 10.0. The van der Waals surface area contributed by atoms with Gasteiger partial charge in [-0.1, -0.05) is 38.3 Å². The molecule has 5 rings (SSSR count). The Hall–Kier alpha value is -2.98. The quantitative estimate of drug-likeness (QED) is 0.311. The molecule has 0 saturated carbocycles. The summed E-state index contributed by atoms with van der Waals surface area (Å²) in [5, 5.41) is 10.3. The highest BCUT2D eigenvalue weighted by atomic mass is 16.7. The molecule has 9 heteroatoms. The van der Waals surface area contributed by atoms with Crippen LogP contribution in [0.5, 0.6) is 5.75 Å². The molecule has 3 saturated heterocycles. The third-order valence-corrected chi connectivity index (χ3v) is 7.59. The normalized spacial score (nSPS) is 26.6. The number of carbonyl (C=O) groups is 2. The second-order valence-corrected chi connectivity index (χ2v) is 10.6. The number of fused-ring (bicyclic) bond motifs is 1. The van der Waals surface area contributed by atoms with E-state index >= 15 is 0 Å². The lowest BCUT2D eigenvalue weighted by Crippen LogP contribution is -2.36. The Labute approximate surface area is 234 Å². The van der Waals surface area contributed by atoms with Crippen LogP contribution in [0.1, 0.15) is 84.3 Å². The Morgan fingerprint density at radius 2 is 1.45 bits per heavy atom. The second kappa shape index (κ2) is 13.6. The molecule has 0 radical (unpaired) electrons. The third-order valence-electron chi connectivity index (χ3n) is 7.59. The van der Waals surface area contributed by atoms with Gasteiger partial charge in [0.2, 0.25) is 0 Å². The van der Waals surface area contributed by atoms with Gasteiger partial charge in [-0.25, -0.2) is 9.59 Å². The standard InChI is InChI=1S/C31H38O9/c1-2-3-4-7-24(32)20-9-11-21(12-10-20)30(33)39-25-18-36-29-26(19-37-28(25)29)40-31(34)22-13-15-23(16-14-22)38-27-8-5-6-17-35-27/h9-16,24-29,32H,2-8,17-19H2,1H3/t24?,25-,26-,27?,28-,29-/m1/s1. The van der Waals surface area contributed by atoms with Gasteiger partial charge in [0.05, 0.1) is 37.1 Å². The molecule has 1 N–H and O–H groups in total. The zero-order valence-corrected chi connectivity index (χ0v) is 22.9. The summed E-state index contributed by atoms with van der Waals surface area (Å²) in [6.07, 6.45) is 3.72. The van der Waals surface area contributed by atoms with Crippen LogP contribution in [0.3, 0.4) is 0 Å². The van der Waals surface area contributed by atoms with E-state index in [1.165, 1.54) is 0 Å². The molecule has 0 spiro atoms. The molecule has 3 aliphatic heterocycles. The summed E-state index contributed by atoms with van der Waals surface area (Å²) in [4.78, 5) is 25.6. The van der Waals surface area contributed by atoms with E-state index in [-0.39, 0.29) is 19.5 Å². The number of hydrogen-bond acceptors (Lipinski definition) is 9. The molecule has 3 heterocycles. The fraction of sp³-hybridized carbons (Fsp3) is 0.548. The molecule has 9 nitrogen and oxygen atoms in total. The average molecular weight is 555 g/mol. The molecule has 40 heavy (non-hydrogen) atoms. The Morgan fingerprint density at radius 1 is 0.850 bits per heavy atom. The Kier molecular flexibility index (Phi) is 9.70. The van der Waals surface area contributed by atoms with Crippen molar-refractivity contribution in [3.8, 4) is 5.75 Å². The van der Waals surface area contributed by atoms with Crippen LogP contribution in [0.25, 0.3) is 0 Å². The van der Waals surface area contributed by atoms with Gasteiger partial charge in [0.15, 0.2) is 18.5 Å². The molecule has 2 aromatic carbocycles. The van der Waals surface area contributed by atoms with Gasteiger partial charge >= 0.3 is 11.9 Å². The van der Waals surface area contributed by atoms with Crippen LogP contribution >= 0.6 is 0 Å². The number of rotatable bonds is 11. The Morgan fingerprint density at radius 3 is 2.00 bits per heavy atom. The predicted molar refractivity (Wildman–Crippen MR) is 144 cm³/mol. The van der Waals surface area contributed by atoms with Crippen molar-refractivity contribution >= 4 is 11.9 Å². The van der Waals surface area contributed by atoms with E-state index in [1.807, 2.05) is 0 Å². The maximum absolute atomic E-state index is 12.8. The van der Waals surface area contributed by atoms with E-state index in [4.69, 9.17) is 28.4 Å². The van der Waals surface area contributed by atoms with Gasteiger partial charge < -0.3 is 33.5 Å². The van der Waals surface area contributed by atoms with Crippen molar-refractivity contribution in [2.24, 2.45) is 0 Å². The molecule has 3 aliphatic rings. The Bertz CT molecular complexity index is 1110. The van der Waals surface area contributed by atoms with E-state index in [9.17, 15) is 14.7 Å². The number of esters is 2. The summed E-state index contributed by atoms with van der Waals surface area (Å²) in [6.45, 7) is 3.12. The topological polar surface area (TPSA) is 110 Å². The van der Waals surface area contributed by atoms with E-state index in [0.29, 0.717) is 29.9 Å². The van der Waals surface area contributed by atoms with Gasteiger partial charge in [-0.15, -0.1) is 0 Å². The van der Waals surface area contributed by atoms with Crippen LogP contribution < -0.4 is 4.74 Å². The minimum Gasteiger partial charge on any atom is -0.465 e. The van der Waals surface area contributed by atoms with Crippen molar-refractivity contribution in [2.75, 3.05) is 19.8 Å². The first-order valence-electron chi connectivity index (χ1n) is 14.3. The van der Waals surface area contributed by atoms with Crippen LogP contribution in [-0.4, -0.2) is 67.6 Å². The molecule has 3 fully saturated rings. The highest BCUT2D eigenvalue weighted by Crippen LogP contribution is 2.32. The summed E-state index contributed by atoms with van der Waals surface area (Å²) >= 11 is 0. The minimum absolute atomic E-state index is 0.151. The van der Waals surface area contributed by atoms with Crippen molar-refractivity contribution in [3.05, 3.63) is 65.2 Å². The summed E-state index contributed by atoms with van der Waals surface area (Å²) in [5.41, 5.74) is 1.55. The van der Waals surface area contributed by atoms with Crippen LogP contribution in [0, 0.1) is 0 Å². The largest absolute Gasteiger partial charge is 0.465 e. The van der Waals surface area contributed by atoms with Crippen molar-refractivity contribution in [1.82, 2.24) is 0 Å². The summed E-state index contributed by atoms with van der Waals surface area (Å²) in [5.74, 6) is -0.351. The second-order valence-electron chi connectivity index (χ2n) is 10.6. The SMILES string of the molecule is CCCCCC(O)c1ccc(C(=O)O[C@@H]2CO[C@H]3[C@@H]2OC[C@H]3OC(=O)c2ccc(OC3CCCCO3)cc2)cc1. The highest BCUT2D eigenvalue weighted by molar-refractivity contribution is 5.90. The van der Waals surface area contributed by atoms with E-state index in [2.05, 4.69) is 6.92 Å². The molecule has 216 valence electrons.